The Balaban J connectivity index is 2.43. The van der Waals surface area contributed by atoms with Crippen LogP contribution in [0.2, 0.25) is 5.02 Å². The first kappa shape index (κ1) is 11.3. The molecule has 0 saturated heterocycles. The first-order valence-electron chi connectivity index (χ1n) is 5.28. The zero-order valence-corrected chi connectivity index (χ0v) is 10.00. The van der Waals surface area contributed by atoms with Crippen molar-refractivity contribution in [1.82, 2.24) is 4.57 Å². The van der Waals surface area contributed by atoms with Gasteiger partial charge in [-0.2, -0.15) is 0 Å². The molecule has 0 radical (unpaired) electrons. The van der Waals surface area contributed by atoms with Crippen LogP contribution < -0.4 is 10.5 Å². The molecule has 0 atom stereocenters. The number of hydrogen-bond acceptors (Lipinski definition) is 2. The first-order valence-corrected chi connectivity index (χ1v) is 5.66. The Morgan fingerprint density at radius 3 is 2.94 bits per heavy atom. The SMILES string of the molecule is COc1cc2ccn(CCCN)c2cc1Cl. The van der Waals surface area contributed by atoms with E-state index >= 15 is 0 Å². The monoisotopic (exact) mass is 238 g/mol. The lowest BCUT2D eigenvalue weighted by molar-refractivity contribution is 0.415. The fraction of sp³-hybridized carbons (Fsp3) is 0.333. The third-order valence-corrected chi connectivity index (χ3v) is 2.94. The molecule has 0 bridgehead atoms. The van der Waals surface area contributed by atoms with Gasteiger partial charge in [-0.15, -0.1) is 0 Å². The summed E-state index contributed by atoms with van der Waals surface area (Å²) in [5.41, 5.74) is 6.63. The van der Waals surface area contributed by atoms with Crippen LogP contribution in [-0.2, 0) is 6.54 Å². The van der Waals surface area contributed by atoms with Crippen molar-refractivity contribution in [2.75, 3.05) is 13.7 Å². The minimum absolute atomic E-state index is 0.641. The summed E-state index contributed by atoms with van der Waals surface area (Å²) in [6.45, 7) is 1.62. The van der Waals surface area contributed by atoms with Crippen molar-refractivity contribution in [3.05, 3.63) is 29.4 Å². The zero-order chi connectivity index (χ0) is 11.5. The lowest BCUT2D eigenvalue weighted by atomic mass is 10.2. The van der Waals surface area contributed by atoms with Gasteiger partial charge in [-0.25, -0.2) is 0 Å². The van der Waals surface area contributed by atoms with Crippen molar-refractivity contribution < 1.29 is 4.74 Å². The van der Waals surface area contributed by atoms with Gasteiger partial charge in [-0.1, -0.05) is 11.6 Å². The predicted molar refractivity (Wildman–Crippen MR) is 67.2 cm³/mol. The molecule has 16 heavy (non-hydrogen) atoms. The third-order valence-electron chi connectivity index (χ3n) is 2.65. The van der Waals surface area contributed by atoms with Gasteiger partial charge in [-0.3, -0.25) is 0 Å². The predicted octanol–water partition coefficient (Wildman–Crippen LogP) is 2.65. The standard InChI is InChI=1S/C12H15ClN2O/c1-16-12-7-9-3-6-15(5-2-4-14)11(9)8-10(12)13/h3,6-8H,2,4-5,14H2,1H3. The van der Waals surface area contributed by atoms with E-state index in [9.17, 15) is 0 Å². The van der Waals surface area contributed by atoms with Crippen LogP contribution in [-0.4, -0.2) is 18.2 Å². The molecule has 86 valence electrons. The molecule has 1 aromatic carbocycles. The molecule has 2 rings (SSSR count). The minimum atomic E-state index is 0.641. The number of aromatic nitrogens is 1. The fourth-order valence-corrected chi connectivity index (χ4v) is 2.04. The Kier molecular flexibility index (Phi) is 3.36. The highest BCUT2D eigenvalue weighted by Crippen LogP contribution is 2.30. The van der Waals surface area contributed by atoms with Crippen LogP contribution in [0.1, 0.15) is 6.42 Å². The van der Waals surface area contributed by atoms with Gasteiger partial charge in [0.05, 0.1) is 12.1 Å². The van der Waals surface area contributed by atoms with Gasteiger partial charge in [0, 0.05) is 23.6 Å². The van der Waals surface area contributed by atoms with Crippen molar-refractivity contribution in [3.63, 3.8) is 0 Å². The summed E-state index contributed by atoms with van der Waals surface area (Å²) >= 11 is 6.10. The second-order valence-electron chi connectivity index (χ2n) is 3.70. The average Bonchev–Trinajstić information content (AvgIpc) is 2.67. The van der Waals surface area contributed by atoms with E-state index in [1.54, 1.807) is 7.11 Å². The van der Waals surface area contributed by atoms with E-state index in [1.807, 2.05) is 12.1 Å². The van der Waals surface area contributed by atoms with Gasteiger partial charge in [-0.05, 0) is 31.2 Å². The molecule has 0 fully saturated rings. The molecule has 0 aliphatic carbocycles. The third kappa shape index (κ3) is 2.01. The van der Waals surface area contributed by atoms with Crippen molar-refractivity contribution in [2.45, 2.75) is 13.0 Å². The van der Waals surface area contributed by atoms with Crippen LogP contribution >= 0.6 is 11.6 Å². The number of benzene rings is 1. The molecule has 0 spiro atoms. The van der Waals surface area contributed by atoms with Crippen molar-refractivity contribution in [1.29, 1.82) is 0 Å². The lowest BCUT2D eigenvalue weighted by Gasteiger charge is -2.06. The molecule has 1 aromatic heterocycles. The Morgan fingerprint density at radius 2 is 2.25 bits per heavy atom. The molecule has 3 nitrogen and oxygen atoms in total. The summed E-state index contributed by atoms with van der Waals surface area (Å²) in [7, 11) is 1.62. The van der Waals surface area contributed by atoms with Crippen molar-refractivity contribution in [3.8, 4) is 5.75 Å². The zero-order valence-electron chi connectivity index (χ0n) is 9.24. The summed E-state index contributed by atoms with van der Waals surface area (Å²) in [4.78, 5) is 0. The molecule has 4 heteroatoms. The summed E-state index contributed by atoms with van der Waals surface area (Å²) in [5.74, 6) is 0.714. The van der Waals surface area contributed by atoms with E-state index in [4.69, 9.17) is 22.1 Å². The summed E-state index contributed by atoms with van der Waals surface area (Å²) in [5, 5.41) is 1.78. The molecular formula is C12H15ClN2O. The van der Waals surface area contributed by atoms with Gasteiger partial charge in [0.1, 0.15) is 5.75 Å². The smallest absolute Gasteiger partial charge is 0.138 e. The van der Waals surface area contributed by atoms with Gasteiger partial charge in [0.25, 0.3) is 0 Å². The van der Waals surface area contributed by atoms with Gasteiger partial charge in [0.15, 0.2) is 0 Å². The molecular weight excluding hydrogens is 224 g/mol. The summed E-state index contributed by atoms with van der Waals surface area (Å²) in [6, 6.07) is 5.95. The maximum absolute atomic E-state index is 6.10. The summed E-state index contributed by atoms with van der Waals surface area (Å²) in [6.07, 6.45) is 3.02. The molecule has 0 unspecified atom stereocenters. The van der Waals surface area contributed by atoms with Crippen LogP contribution in [0.3, 0.4) is 0 Å². The van der Waals surface area contributed by atoms with Gasteiger partial charge >= 0.3 is 0 Å². The Morgan fingerprint density at radius 1 is 1.44 bits per heavy atom. The number of methoxy groups -OCH3 is 1. The number of rotatable bonds is 4. The van der Waals surface area contributed by atoms with E-state index in [1.165, 1.54) is 0 Å². The number of nitrogens with two attached hydrogens (primary N) is 1. The topological polar surface area (TPSA) is 40.2 Å². The fourth-order valence-electron chi connectivity index (χ4n) is 1.80. The Hall–Kier alpha value is -1.19. The molecule has 1 heterocycles. The van der Waals surface area contributed by atoms with E-state index in [-0.39, 0.29) is 0 Å². The number of nitrogens with zero attached hydrogens (tertiary/aromatic N) is 1. The normalized spacial score (nSPS) is 10.9. The van der Waals surface area contributed by atoms with E-state index in [0.29, 0.717) is 17.3 Å². The quantitative estimate of drug-likeness (QED) is 0.890. The Labute approximate surface area is 99.7 Å². The first-order chi connectivity index (χ1) is 7.76. The number of fused-ring (bicyclic) bond motifs is 1. The van der Waals surface area contributed by atoms with Crippen LogP contribution in [0.15, 0.2) is 24.4 Å². The van der Waals surface area contributed by atoms with Crippen molar-refractivity contribution in [2.24, 2.45) is 5.73 Å². The molecule has 0 saturated carbocycles. The molecule has 0 aliphatic heterocycles. The second kappa shape index (κ2) is 4.76. The minimum Gasteiger partial charge on any atom is -0.495 e. The molecule has 0 aliphatic rings. The van der Waals surface area contributed by atoms with E-state index < -0.39 is 0 Å². The van der Waals surface area contributed by atoms with Gasteiger partial charge < -0.3 is 15.0 Å². The average molecular weight is 239 g/mol. The van der Waals surface area contributed by atoms with Crippen LogP contribution in [0.5, 0.6) is 5.75 Å². The molecule has 2 N–H and O–H groups in total. The van der Waals surface area contributed by atoms with E-state index in [0.717, 1.165) is 23.9 Å². The van der Waals surface area contributed by atoms with Crippen LogP contribution in [0.4, 0.5) is 0 Å². The molecule has 2 aromatic rings. The number of halogens is 1. The maximum atomic E-state index is 6.10. The summed E-state index contributed by atoms with van der Waals surface area (Å²) < 4.78 is 7.34. The van der Waals surface area contributed by atoms with Crippen molar-refractivity contribution >= 4 is 22.5 Å². The maximum Gasteiger partial charge on any atom is 0.138 e. The highest BCUT2D eigenvalue weighted by atomic mass is 35.5. The number of ether oxygens (including phenoxy) is 1. The Bertz CT molecular complexity index is 493. The highest BCUT2D eigenvalue weighted by Gasteiger charge is 2.06. The van der Waals surface area contributed by atoms with E-state index in [2.05, 4.69) is 16.8 Å². The van der Waals surface area contributed by atoms with Gasteiger partial charge in [0.2, 0.25) is 0 Å². The number of hydrogen-bond donors (Lipinski definition) is 1. The van der Waals surface area contributed by atoms with Crippen LogP contribution in [0, 0.1) is 0 Å². The van der Waals surface area contributed by atoms with Crippen LogP contribution in [0.25, 0.3) is 10.9 Å². The largest absolute Gasteiger partial charge is 0.495 e. The highest BCUT2D eigenvalue weighted by molar-refractivity contribution is 6.32. The lowest BCUT2D eigenvalue weighted by Crippen LogP contribution is -2.04. The molecule has 0 amide bonds. The second-order valence-corrected chi connectivity index (χ2v) is 4.10. The number of aryl methyl sites for hydroxylation is 1.